The summed E-state index contributed by atoms with van der Waals surface area (Å²) in [5.41, 5.74) is 8.76. The number of benzene rings is 1. The summed E-state index contributed by atoms with van der Waals surface area (Å²) in [6, 6.07) is 5.94. The Morgan fingerprint density at radius 3 is 2.85 bits per heavy atom. The van der Waals surface area contributed by atoms with Crippen molar-refractivity contribution >= 4 is 27.5 Å². The van der Waals surface area contributed by atoms with Crippen LogP contribution in [0.3, 0.4) is 0 Å². The van der Waals surface area contributed by atoms with Crippen molar-refractivity contribution in [3.8, 4) is 5.75 Å². The van der Waals surface area contributed by atoms with E-state index in [0.29, 0.717) is 18.2 Å². The molecule has 5 heteroatoms. The highest BCUT2D eigenvalue weighted by atomic mass is 79.9. The van der Waals surface area contributed by atoms with Gasteiger partial charge in [-0.15, -0.1) is 0 Å². The summed E-state index contributed by atoms with van der Waals surface area (Å²) < 4.78 is 6.99. The second kappa shape index (κ2) is 7.07. The molecule has 0 amide bonds. The SMILES string of the molecule is Cc1cc(Br)cc(CCN)c1OCc1ccncc1Cl. The molecule has 0 bridgehead atoms. The number of halogens is 2. The first-order chi connectivity index (χ1) is 9.61. The predicted octanol–water partition coefficient (Wildman–Crippen LogP) is 3.89. The standard InChI is InChI=1S/C15H16BrClN2O/c1-10-6-13(16)7-11(2-4-18)15(10)20-9-12-3-5-19-8-14(12)17/h3,5-8H,2,4,9,18H2,1H3. The molecule has 0 saturated heterocycles. The fraction of sp³-hybridized carbons (Fsp3) is 0.267. The van der Waals surface area contributed by atoms with Gasteiger partial charge in [-0.1, -0.05) is 27.5 Å². The van der Waals surface area contributed by atoms with Crippen LogP contribution in [0.1, 0.15) is 16.7 Å². The van der Waals surface area contributed by atoms with Gasteiger partial charge in [-0.05, 0) is 49.2 Å². The lowest BCUT2D eigenvalue weighted by Crippen LogP contribution is -2.07. The van der Waals surface area contributed by atoms with Crippen LogP contribution in [-0.4, -0.2) is 11.5 Å². The van der Waals surface area contributed by atoms with Crippen LogP contribution in [0.25, 0.3) is 0 Å². The van der Waals surface area contributed by atoms with Crippen molar-refractivity contribution in [1.82, 2.24) is 4.98 Å². The molecule has 0 radical (unpaired) electrons. The van der Waals surface area contributed by atoms with Crippen LogP contribution in [0.15, 0.2) is 35.1 Å². The number of ether oxygens (including phenoxy) is 1. The molecule has 0 aliphatic rings. The molecule has 0 aliphatic heterocycles. The number of aryl methyl sites for hydroxylation is 1. The van der Waals surface area contributed by atoms with E-state index in [4.69, 9.17) is 22.1 Å². The van der Waals surface area contributed by atoms with E-state index in [2.05, 4.69) is 20.9 Å². The monoisotopic (exact) mass is 354 g/mol. The zero-order valence-electron chi connectivity index (χ0n) is 11.2. The lowest BCUT2D eigenvalue weighted by atomic mass is 10.1. The number of hydrogen-bond acceptors (Lipinski definition) is 3. The van der Waals surface area contributed by atoms with E-state index in [0.717, 1.165) is 33.3 Å². The van der Waals surface area contributed by atoms with E-state index in [1.807, 2.05) is 25.1 Å². The highest BCUT2D eigenvalue weighted by Crippen LogP contribution is 2.29. The van der Waals surface area contributed by atoms with Gasteiger partial charge in [0.15, 0.2) is 0 Å². The van der Waals surface area contributed by atoms with Gasteiger partial charge in [0.2, 0.25) is 0 Å². The highest BCUT2D eigenvalue weighted by molar-refractivity contribution is 9.10. The smallest absolute Gasteiger partial charge is 0.126 e. The fourth-order valence-electron chi connectivity index (χ4n) is 2.02. The first kappa shape index (κ1) is 15.3. The van der Waals surface area contributed by atoms with Crippen molar-refractivity contribution in [3.63, 3.8) is 0 Å². The first-order valence-electron chi connectivity index (χ1n) is 6.32. The highest BCUT2D eigenvalue weighted by Gasteiger charge is 2.10. The summed E-state index contributed by atoms with van der Waals surface area (Å²) in [6.07, 6.45) is 4.11. The minimum Gasteiger partial charge on any atom is -0.488 e. The Balaban J connectivity index is 2.22. The van der Waals surface area contributed by atoms with Gasteiger partial charge < -0.3 is 10.5 Å². The Bertz CT molecular complexity index is 604. The average Bonchev–Trinajstić information content (AvgIpc) is 2.40. The van der Waals surface area contributed by atoms with Crippen molar-refractivity contribution in [2.45, 2.75) is 20.0 Å². The summed E-state index contributed by atoms with van der Waals surface area (Å²) in [6.45, 7) is 3.03. The summed E-state index contributed by atoms with van der Waals surface area (Å²) >= 11 is 9.59. The molecule has 0 atom stereocenters. The summed E-state index contributed by atoms with van der Waals surface area (Å²) in [5, 5.41) is 0.614. The van der Waals surface area contributed by atoms with E-state index in [1.54, 1.807) is 12.4 Å². The summed E-state index contributed by atoms with van der Waals surface area (Å²) in [7, 11) is 0. The second-order valence-electron chi connectivity index (χ2n) is 4.51. The van der Waals surface area contributed by atoms with Crippen LogP contribution >= 0.6 is 27.5 Å². The largest absolute Gasteiger partial charge is 0.488 e. The Kier molecular flexibility index (Phi) is 5.40. The Hall–Kier alpha value is -1.10. The van der Waals surface area contributed by atoms with E-state index in [1.165, 1.54) is 0 Å². The van der Waals surface area contributed by atoms with Crippen molar-refractivity contribution < 1.29 is 4.74 Å². The lowest BCUT2D eigenvalue weighted by molar-refractivity contribution is 0.300. The molecule has 0 unspecified atom stereocenters. The molecule has 2 aromatic rings. The lowest BCUT2D eigenvalue weighted by Gasteiger charge is -2.15. The van der Waals surface area contributed by atoms with Gasteiger partial charge in [0.1, 0.15) is 12.4 Å². The van der Waals surface area contributed by atoms with Crippen molar-refractivity contribution in [2.75, 3.05) is 6.54 Å². The maximum atomic E-state index is 6.09. The maximum absolute atomic E-state index is 6.09. The molecular formula is C15H16BrClN2O. The number of pyridine rings is 1. The average molecular weight is 356 g/mol. The van der Waals surface area contributed by atoms with Crippen LogP contribution in [0.2, 0.25) is 5.02 Å². The van der Waals surface area contributed by atoms with Crippen LogP contribution in [-0.2, 0) is 13.0 Å². The summed E-state index contributed by atoms with van der Waals surface area (Å²) in [4.78, 5) is 3.97. The normalized spacial score (nSPS) is 10.6. The third-order valence-electron chi connectivity index (χ3n) is 2.96. The van der Waals surface area contributed by atoms with Gasteiger partial charge in [0.25, 0.3) is 0 Å². The fourth-order valence-corrected chi connectivity index (χ4v) is 2.81. The predicted molar refractivity (Wildman–Crippen MR) is 85.2 cm³/mol. The van der Waals surface area contributed by atoms with E-state index in [9.17, 15) is 0 Å². The molecule has 2 N–H and O–H groups in total. The van der Waals surface area contributed by atoms with Gasteiger partial charge in [-0.2, -0.15) is 0 Å². The first-order valence-corrected chi connectivity index (χ1v) is 7.49. The van der Waals surface area contributed by atoms with Crippen molar-refractivity contribution in [3.05, 3.63) is 56.8 Å². The quantitative estimate of drug-likeness (QED) is 0.885. The Labute approximate surface area is 132 Å². The third-order valence-corrected chi connectivity index (χ3v) is 3.76. The van der Waals surface area contributed by atoms with Gasteiger partial charge in [0.05, 0.1) is 5.02 Å². The Morgan fingerprint density at radius 1 is 1.35 bits per heavy atom. The number of nitrogens with two attached hydrogens (primary N) is 1. The molecule has 20 heavy (non-hydrogen) atoms. The molecule has 1 heterocycles. The minimum absolute atomic E-state index is 0.418. The van der Waals surface area contributed by atoms with Crippen molar-refractivity contribution in [2.24, 2.45) is 5.73 Å². The second-order valence-corrected chi connectivity index (χ2v) is 5.83. The molecule has 0 aliphatic carbocycles. The van der Waals surface area contributed by atoms with E-state index < -0.39 is 0 Å². The van der Waals surface area contributed by atoms with Crippen molar-refractivity contribution in [1.29, 1.82) is 0 Å². The number of nitrogens with zero attached hydrogens (tertiary/aromatic N) is 1. The minimum atomic E-state index is 0.418. The number of hydrogen-bond donors (Lipinski definition) is 1. The number of rotatable bonds is 5. The zero-order chi connectivity index (χ0) is 14.5. The molecule has 0 spiro atoms. The molecule has 2 rings (SSSR count). The van der Waals surface area contributed by atoms with Gasteiger partial charge in [-0.3, -0.25) is 4.98 Å². The molecule has 106 valence electrons. The maximum Gasteiger partial charge on any atom is 0.126 e. The zero-order valence-corrected chi connectivity index (χ0v) is 13.5. The van der Waals surface area contributed by atoms with E-state index >= 15 is 0 Å². The van der Waals surface area contributed by atoms with Gasteiger partial charge in [-0.25, -0.2) is 0 Å². The van der Waals surface area contributed by atoms with Crippen LogP contribution < -0.4 is 10.5 Å². The molecule has 3 nitrogen and oxygen atoms in total. The third kappa shape index (κ3) is 3.72. The van der Waals surface area contributed by atoms with Gasteiger partial charge >= 0.3 is 0 Å². The van der Waals surface area contributed by atoms with Crippen LogP contribution in [0.4, 0.5) is 0 Å². The van der Waals surface area contributed by atoms with Crippen LogP contribution in [0.5, 0.6) is 5.75 Å². The Morgan fingerprint density at radius 2 is 2.15 bits per heavy atom. The topological polar surface area (TPSA) is 48.1 Å². The van der Waals surface area contributed by atoms with Gasteiger partial charge in [0, 0.05) is 22.4 Å². The number of aromatic nitrogens is 1. The molecule has 0 saturated carbocycles. The van der Waals surface area contributed by atoms with E-state index in [-0.39, 0.29) is 0 Å². The summed E-state index contributed by atoms with van der Waals surface area (Å²) in [5.74, 6) is 0.881. The molecule has 1 aromatic heterocycles. The van der Waals surface area contributed by atoms with Crippen LogP contribution in [0, 0.1) is 6.92 Å². The molecule has 1 aromatic carbocycles. The molecular weight excluding hydrogens is 340 g/mol. The molecule has 0 fully saturated rings.